The van der Waals surface area contributed by atoms with Gasteiger partial charge in [0.05, 0.1) is 28.1 Å². The Morgan fingerprint density at radius 2 is 1.20 bits per heavy atom. The lowest BCUT2D eigenvalue weighted by Gasteiger charge is -2.34. The first-order valence-electron chi connectivity index (χ1n) is 10.2. The van der Waals surface area contributed by atoms with Gasteiger partial charge >= 0.3 is 0 Å². The van der Waals surface area contributed by atoms with Crippen molar-refractivity contribution < 1.29 is 4.39 Å². The number of nitrogens with zero attached hydrogens (tertiary/aromatic N) is 4. The molecule has 150 valence electrons. The van der Waals surface area contributed by atoms with Gasteiger partial charge in [-0.1, -0.05) is 60.7 Å². The fourth-order valence-electron chi connectivity index (χ4n) is 3.95. The number of fused-ring (bicyclic) bond motifs is 1. The maximum atomic E-state index is 15.0. The van der Waals surface area contributed by atoms with Gasteiger partial charge in [-0.05, 0) is 13.1 Å². The number of halogens is 1. The molecule has 0 amide bonds. The Balaban J connectivity index is 1.68. The number of hydrogen-bond donors (Lipinski definition) is 0. The first-order valence-corrected chi connectivity index (χ1v) is 10.2. The molecule has 4 nitrogen and oxygen atoms in total. The van der Waals surface area contributed by atoms with Gasteiger partial charge < -0.3 is 9.80 Å². The van der Waals surface area contributed by atoms with Crippen molar-refractivity contribution in [1.82, 2.24) is 14.9 Å². The minimum atomic E-state index is -0.243. The number of hydrogen-bond acceptors (Lipinski definition) is 4. The van der Waals surface area contributed by atoms with E-state index in [1.165, 1.54) is 6.07 Å². The topological polar surface area (TPSA) is 32.3 Å². The Kier molecular flexibility index (Phi) is 4.89. The van der Waals surface area contributed by atoms with E-state index in [1.54, 1.807) is 0 Å². The number of aromatic nitrogens is 2. The van der Waals surface area contributed by atoms with Crippen LogP contribution in [0.25, 0.3) is 33.5 Å². The van der Waals surface area contributed by atoms with Crippen molar-refractivity contribution in [2.75, 3.05) is 38.1 Å². The largest absolute Gasteiger partial charge is 0.367 e. The van der Waals surface area contributed by atoms with Crippen molar-refractivity contribution in [2.24, 2.45) is 0 Å². The van der Waals surface area contributed by atoms with Crippen LogP contribution in [0.1, 0.15) is 0 Å². The summed E-state index contributed by atoms with van der Waals surface area (Å²) in [5.41, 5.74) is 5.43. The highest BCUT2D eigenvalue weighted by Gasteiger charge is 2.20. The minimum Gasteiger partial charge on any atom is -0.367 e. The molecule has 1 fully saturated rings. The normalized spacial score (nSPS) is 14.9. The van der Waals surface area contributed by atoms with E-state index >= 15 is 4.39 Å². The van der Waals surface area contributed by atoms with Gasteiger partial charge in [-0.3, -0.25) is 0 Å². The Labute approximate surface area is 175 Å². The average molecular weight is 398 g/mol. The van der Waals surface area contributed by atoms with E-state index in [0.29, 0.717) is 16.7 Å². The maximum absolute atomic E-state index is 15.0. The van der Waals surface area contributed by atoms with Crippen LogP contribution in [0.2, 0.25) is 0 Å². The third kappa shape index (κ3) is 3.53. The third-order valence-corrected chi connectivity index (χ3v) is 5.67. The van der Waals surface area contributed by atoms with Gasteiger partial charge in [-0.15, -0.1) is 0 Å². The highest BCUT2D eigenvalue weighted by molar-refractivity contribution is 5.88. The molecule has 1 aromatic heterocycles. The van der Waals surface area contributed by atoms with E-state index in [-0.39, 0.29) is 5.82 Å². The smallest absolute Gasteiger partial charge is 0.148 e. The molecule has 1 aliphatic rings. The van der Waals surface area contributed by atoms with Gasteiger partial charge in [0.1, 0.15) is 5.82 Å². The Morgan fingerprint density at radius 1 is 0.700 bits per heavy atom. The van der Waals surface area contributed by atoms with Gasteiger partial charge in [0.25, 0.3) is 0 Å². The second-order valence-corrected chi connectivity index (χ2v) is 7.74. The molecule has 1 saturated heterocycles. The lowest BCUT2D eigenvalue weighted by Crippen LogP contribution is -2.44. The predicted octanol–water partition coefficient (Wildman–Crippen LogP) is 4.85. The highest BCUT2D eigenvalue weighted by atomic mass is 19.1. The van der Waals surface area contributed by atoms with Gasteiger partial charge in [0.15, 0.2) is 0 Å². The molecular weight excluding hydrogens is 375 g/mol. The van der Waals surface area contributed by atoms with E-state index in [0.717, 1.165) is 48.7 Å². The number of anilines is 1. The van der Waals surface area contributed by atoms with Gasteiger partial charge in [-0.2, -0.15) is 0 Å². The highest BCUT2D eigenvalue weighted by Crippen LogP contribution is 2.33. The molecule has 0 saturated carbocycles. The molecule has 0 spiro atoms. The van der Waals surface area contributed by atoms with Crippen LogP contribution in [0.15, 0.2) is 72.8 Å². The van der Waals surface area contributed by atoms with Crippen LogP contribution < -0.4 is 4.90 Å². The molecular formula is C25H23FN4. The SMILES string of the molecule is CN1CCN(c2cc3nc(-c4ccccc4)c(-c4ccccc4)nc3cc2F)CC1. The molecule has 5 heteroatoms. The molecule has 0 atom stereocenters. The number of benzene rings is 3. The molecule has 4 aromatic rings. The predicted molar refractivity (Wildman–Crippen MR) is 120 cm³/mol. The zero-order valence-electron chi connectivity index (χ0n) is 16.9. The summed E-state index contributed by atoms with van der Waals surface area (Å²) in [6.07, 6.45) is 0. The van der Waals surface area contributed by atoms with Crippen molar-refractivity contribution in [3.05, 3.63) is 78.6 Å². The molecule has 0 aliphatic carbocycles. The Hall–Kier alpha value is -3.31. The van der Waals surface area contributed by atoms with Crippen molar-refractivity contribution in [2.45, 2.75) is 0 Å². The Bertz CT molecular complexity index is 1170. The molecule has 2 heterocycles. The molecule has 0 radical (unpaired) electrons. The first kappa shape index (κ1) is 18.7. The van der Waals surface area contributed by atoms with Crippen LogP contribution in [0.3, 0.4) is 0 Å². The fraction of sp³-hybridized carbons (Fsp3) is 0.200. The first-order chi connectivity index (χ1) is 14.7. The molecule has 30 heavy (non-hydrogen) atoms. The van der Waals surface area contributed by atoms with Crippen molar-refractivity contribution in [1.29, 1.82) is 0 Å². The number of likely N-dealkylation sites (N-methyl/N-ethyl adjacent to an activating group) is 1. The van der Waals surface area contributed by atoms with Crippen LogP contribution in [0, 0.1) is 5.82 Å². The minimum absolute atomic E-state index is 0.243. The quantitative estimate of drug-likeness (QED) is 0.494. The van der Waals surface area contributed by atoms with E-state index in [2.05, 4.69) is 16.8 Å². The zero-order chi connectivity index (χ0) is 20.5. The monoisotopic (exact) mass is 398 g/mol. The maximum Gasteiger partial charge on any atom is 0.148 e. The van der Waals surface area contributed by atoms with Crippen LogP contribution in [-0.4, -0.2) is 48.1 Å². The van der Waals surface area contributed by atoms with Crippen molar-refractivity contribution in [3.63, 3.8) is 0 Å². The summed E-state index contributed by atoms with van der Waals surface area (Å²) in [4.78, 5) is 14.2. The summed E-state index contributed by atoms with van der Waals surface area (Å²) in [7, 11) is 2.09. The molecule has 0 bridgehead atoms. The molecule has 1 aliphatic heterocycles. The zero-order valence-corrected chi connectivity index (χ0v) is 16.9. The van der Waals surface area contributed by atoms with E-state index < -0.39 is 0 Å². The molecule has 0 N–H and O–H groups in total. The lowest BCUT2D eigenvalue weighted by molar-refractivity contribution is 0.312. The van der Waals surface area contributed by atoms with Crippen LogP contribution in [-0.2, 0) is 0 Å². The summed E-state index contributed by atoms with van der Waals surface area (Å²) in [5.74, 6) is -0.243. The summed E-state index contributed by atoms with van der Waals surface area (Å²) in [6.45, 7) is 3.46. The van der Waals surface area contributed by atoms with Gasteiger partial charge in [-0.25, -0.2) is 14.4 Å². The van der Waals surface area contributed by atoms with Crippen molar-refractivity contribution in [3.8, 4) is 22.5 Å². The van der Waals surface area contributed by atoms with E-state index in [4.69, 9.17) is 9.97 Å². The molecule has 0 unspecified atom stereocenters. The second kappa shape index (κ2) is 7.84. The average Bonchev–Trinajstić information content (AvgIpc) is 2.80. The standard InChI is InChI=1S/C25H23FN4/c1-29-12-14-30(15-13-29)23-17-22-21(16-20(23)26)27-24(18-8-4-2-5-9-18)25(28-22)19-10-6-3-7-11-19/h2-11,16-17H,12-15H2,1H3. The number of rotatable bonds is 3. The lowest BCUT2D eigenvalue weighted by atomic mass is 10.0. The number of piperazine rings is 1. The molecule has 3 aromatic carbocycles. The van der Waals surface area contributed by atoms with Crippen LogP contribution in [0.5, 0.6) is 0 Å². The summed E-state index contributed by atoms with van der Waals surface area (Å²) < 4.78 is 15.0. The third-order valence-electron chi connectivity index (χ3n) is 5.67. The summed E-state index contributed by atoms with van der Waals surface area (Å²) in [5, 5.41) is 0. The van der Waals surface area contributed by atoms with Gasteiger partial charge in [0.2, 0.25) is 0 Å². The van der Waals surface area contributed by atoms with Crippen molar-refractivity contribution >= 4 is 16.7 Å². The second-order valence-electron chi connectivity index (χ2n) is 7.74. The van der Waals surface area contributed by atoms with E-state index in [1.807, 2.05) is 66.7 Å². The van der Waals surface area contributed by atoms with E-state index in [9.17, 15) is 0 Å². The summed E-state index contributed by atoms with van der Waals surface area (Å²) >= 11 is 0. The van der Waals surface area contributed by atoms with Crippen LogP contribution in [0.4, 0.5) is 10.1 Å². The van der Waals surface area contributed by atoms with Crippen LogP contribution >= 0.6 is 0 Å². The summed E-state index contributed by atoms with van der Waals surface area (Å²) in [6, 6.07) is 23.4. The Morgan fingerprint density at radius 3 is 1.73 bits per heavy atom. The molecule has 5 rings (SSSR count). The van der Waals surface area contributed by atoms with Gasteiger partial charge in [0, 0.05) is 43.4 Å². The fourth-order valence-corrected chi connectivity index (χ4v) is 3.95.